The summed E-state index contributed by atoms with van der Waals surface area (Å²) in [6.07, 6.45) is 0. The molecule has 2 heterocycles. The number of rotatable bonds is 3. The van der Waals surface area contributed by atoms with Gasteiger partial charge >= 0.3 is 0 Å². The van der Waals surface area contributed by atoms with Crippen LogP contribution < -0.4 is 14.8 Å². The Morgan fingerprint density at radius 1 is 1.29 bits per heavy atom. The second-order valence-corrected chi connectivity index (χ2v) is 4.41. The van der Waals surface area contributed by atoms with Gasteiger partial charge in [-0.15, -0.1) is 0 Å². The number of nitrogens with one attached hydrogen (secondary N) is 1. The van der Waals surface area contributed by atoms with Crippen LogP contribution in [0.2, 0.25) is 5.22 Å². The van der Waals surface area contributed by atoms with Crippen LogP contribution in [0, 0.1) is 10.1 Å². The number of halogens is 1. The van der Waals surface area contributed by atoms with Crippen molar-refractivity contribution in [2.24, 2.45) is 0 Å². The molecule has 0 radical (unpaired) electrons. The van der Waals surface area contributed by atoms with Crippen molar-refractivity contribution in [3.8, 4) is 11.5 Å². The molecule has 1 aliphatic rings. The highest BCUT2D eigenvalue weighted by Gasteiger charge is 2.25. The van der Waals surface area contributed by atoms with Crippen molar-refractivity contribution >= 4 is 28.9 Å². The lowest BCUT2D eigenvalue weighted by Crippen LogP contribution is -2.12. The molecular formula is C12H7ClN2O6. The van der Waals surface area contributed by atoms with Crippen molar-refractivity contribution in [3.63, 3.8) is 0 Å². The zero-order valence-corrected chi connectivity index (χ0v) is 11.0. The number of anilines is 1. The minimum atomic E-state index is -0.663. The molecule has 8 nitrogen and oxygen atoms in total. The molecule has 1 aromatic heterocycles. The quantitative estimate of drug-likeness (QED) is 0.690. The third-order valence-corrected chi connectivity index (χ3v) is 2.94. The number of nitro benzene ring substituents is 1. The molecule has 0 aliphatic carbocycles. The zero-order valence-electron chi connectivity index (χ0n) is 10.3. The highest BCUT2D eigenvalue weighted by Crippen LogP contribution is 2.40. The minimum Gasteiger partial charge on any atom is -0.454 e. The Kier molecular flexibility index (Phi) is 3.15. The number of fused-ring (bicyclic) bond motifs is 1. The summed E-state index contributed by atoms with van der Waals surface area (Å²) in [5.74, 6) is -0.162. The zero-order chi connectivity index (χ0) is 15.0. The van der Waals surface area contributed by atoms with E-state index < -0.39 is 10.8 Å². The van der Waals surface area contributed by atoms with E-state index in [-0.39, 0.29) is 34.9 Å². The van der Waals surface area contributed by atoms with Gasteiger partial charge in [0.25, 0.3) is 11.6 Å². The number of carbonyl (C=O) groups excluding carboxylic acids is 1. The number of hydrogen-bond acceptors (Lipinski definition) is 6. The summed E-state index contributed by atoms with van der Waals surface area (Å²) in [7, 11) is 0. The average Bonchev–Trinajstić information content (AvgIpc) is 3.05. The molecule has 0 spiro atoms. The number of benzene rings is 1. The van der Waals surface area contributed by atoms with E-state index in [0.29, 0.717) is 5.75 Å². The summed E-state index contributed by atoms with van der Waals surface area (Å²) >= 11 is 5.57. The van der Waals surface area contributed by atoms with E-state index in [0.717, 1.165) is 0 Å². The molecule has 0 unspecified atom stereocenters. The summed E-state index contributed by atoms with van der Waals surface area (Å²) in [4.78, 5) is 22.4. The van der Waals surface area contributed by atoms with Gasteiger partial charge in [-0.1, -0.05) is 0 Å². The van der Waals surface area contributed by atoms with Gasteiger partial charge in [0, 0.05) is 6.07 Å². The smallest absolute Gasteiger partial charge is 0.296 e. The Balaban J connectivity index is 1.94. The van der Waals surface area contributed by atoms with Gasteiger partial charge < -0.3 is 19.2 Å². The van der Waals surface area contributed by atoms with Crippen LogP contribution in [0.4, 0.5) is 11.4 Å². The van der Waals surface area contributed by atoms with Gasteiger partial charge in [0.1, 0.15) is 5.69 Å². The molecule has 1 amide bonds. The van der Waals surface area contributed by atoms with Crippen LogP contribution in [0.25, 0.3) is 0 Å². The first-order valence-electron chi connectivity index (χ1n) is 5.69. The topological polar surface area (TPSA) is 104 Å². The van der Waals surface area contributed by atoms with Crippen LogP contribution in [-0.4, -0.2) is 17.6 Å². The van der Waals surface area contributed by atoms with Crippen molar-refractivity contribution in [1.82, 2.24) is 0 Å². The number of amides is 1. The van der Waals surface area contributed by atoms with Gasteiger partial charge in [0.15, 0.2) is 22.5 Å². The van der Waals surface area contributed by atoms with Crippen molar-refractivity contribution in [3.05, 3.63) is 45.4 Å². The highest BCUT2D eigenvalue weighted by atomic mass is 35.5. The predicted octanol–water partition coefficient (Wildman–Crippen LogP) is 2.82. The third kappa shape index (κ3) is 2.48. The monoisotopic (exact) mass is 310 g/mol. The summed E-state index contributed by atoms with van der Waals surface area (Å²) < 4.78 is 15.1. The fourth-order valence-electron chi connectivity index (χ4n) is 1.80. The number of furan rings is 1. The van der Waals surface area contributed by atoms with Crippen LogP contribution in [0.5, 0.6) is 11.5 Å². The molecule has 0 saturated carbocycles. The number of nitro groups is 1. The lowest BCUT2D eigenvalue weighted by atomic mass is 10.2. The second-order valence-electron chi connectivity index (χ2n) is 4.04. The van der Waals surface area contributed by atoms with E-state index >= 15 is 0 Å². The highest BCUT2D eigenvalue weighted by molar-refractivity contribution is 6.29. The Hall–Kier alpha value is -2.74. The van der Waals surface area contributed by atoms with Crippen molar-refractivity contribution < 1.29 is 23.6 Å². The van der Waals surface area contributed by atoms with Crippen molar-refractivity contribution in [2.45, 2.75) is 0 Å². The number of carbonyl (C=O) groups is 1. The average molecular weight is 311 g/mol. The standard InChI is InChI=1S/C12H7ClN2O6/c13-11-2-1-8(21-11)12(16)14-6-3-9-10(20-5-19-9)4-7(6)15(17)18/h1-4H,5H2,(H,14,16). The Morgan fingerprint density at radius 3 is 2.62 bits per heavy atom. The number of ether oxygens (including phenoxy) is 2. The summed E-state index contributed by atoms with van der Waals surface area (Å²) in [5.41, 5.74) is -0.341. The Labute approximate surface area is 122 Å². The maximum absolute atomic E-state index is 11.9. The van der Waals surface area contributed by atoms with Gasteiger partial charge in [-0.05, 0) is 23.7 Å². The molecule has 1 aliphatic heterocycles. The fourth-order valence-corrected chi connectivity index (χ4v) is 1.95. The van der Waals surface area contributed by atoms with E-state index in [1.165, 1.54) is 24.3 Å². The third-order valence-electron chi connectivity index (χ3n) is 2.73. The predicted molar refractivity (Wildman–Crippen MR) is 70.9 cm³/mol. The van der Waals surface area contributed by atoms with Crippen molar-refractivity contribution in [1.29, 1.82) is 0 Å². The Bertz CT molecular complexity index is 741. The second kappa shape index (κ2) is 4.98. The van der Waals surface area contributed by atoms with E-state index in [1.807, 2.05) is 0 Å². The molecule has 2 aromatic rings. The van der Waals surface area contributed by atoms with E-state index in [2.05, 4.69) is 5.32 Å². The molecule has 0 bridgehead atoms. The fraction of sp³-hybridized carbons (Fsp3) is 0.0833. The molecule has 3 rings (SSSR count). The first-order chi connectivity index (χ1) is 10.0. The largest absolute Gasteiger partial charge is 0.454 e. The van der Waals surface area contributed by atoms with Gasteiger partial charge in [-0.3, -0.25) is 14.9 Å². The van der Waals surface area contributed by atoms with Crippen LogP contribution >= 0.6 is 11.6 Å². The van der Waals surface area contributed by atoms with Gasteiger partial charge in [0.05, 0.1) is 11.0 Å². The molecule has 108 valence electrons. The van der Waals surface area contributed by atoms with Crippen LogP contribution in [0.1, 0.15) is 10.6 Å². The minimum absolute atomic E-state index is 0.0261. The van der Waals surface area contributed by atoms with E-state index in [9.17, 15) is 14.9 Å². The number of nitrogens with zero attached hydrogens (tertiary/aromatic N) is 1. The molecule has 21 heavy (non-hydrogen) atoms. The van der Waals surface area contributed by atoms with E-state index in [1.54, 1.807) is 0 Å². The lowest BCUT2D eigenvalue weighted by Gasteiger charge is -2.05. The molecular weight excluding hydrogens is 304 g/mol. The first-order valence-corrected chi connectivity index (χ1v) is 6.07. The molecule has 0 fully saturated rings. The number of hydrogen-bond donors (Lipinski definition) is 1. The normalized spacial score (nSPS) is 12.2. The summed E-state index contributed by atoms with van der Waals surface area (Å²) in [5, 5.41) is 13.5. The SMILES string of the molecule is O=C(Nc1cc2c(cc1[N+](=O)[O-])OCO2)c1ccc(Cl)o1. The maximum atomic E-state index is 11.9. The van der Waals surface area contributed by atoms with Gasteiger partial charge in [0.2, 0.25) is 6.79 Å². The van der Waals surface area contributed by atoms with Gasteiger partial charge in [-0.2, -0.15) is 0 Å². The Morgan fingerprint density at radius 2 is 2.00 bits per heavy atom. The molecule has 0 saturated heterocycles. The summed E-state index contributed by atoms with van der Waals surface area (Å²) in [6.45, 7) is -0.0301. The van der Waals surface area contributed by atoms with E-state index in [4.69, 9.17) is 25.5 Å². The molecule has 1 aromatic carbocycles. The van der Waals surface area contributed by atoms with Gasteiger partial charge in [-0.25, -0.2) is 0 Å². The van der Waals surface area contributed by atoms with Crippen molar-refractivity contribution in [2.75, 3.05) is 12.1 Å². The lowest BCUT2D eigenvalue weighted by molar-refractivity contribution is -0.384. The van der Waals surface area contributed by atoms with Crippen LogP contribution in [0.15, 0.2) is 28.7 Å². The maximum Gasteiger partial charge on any atom is 0.296 e. The molecule has 0 atom stereocenters. The molecule has 9 heteroatoms. The summed E-state index contributed by atoms with van der Waals surface area (Å²) in [6, 6.07) is 5.26. The molecule has 1 N–H and O–H groups in total. The van der Waals surface area contributed by atoms with Crippen LogP contribution in [-0.2, 0) is 0 Å². The van der Waals surface area contributed by atoms with Crippen LogP contribution in [0.3, 0.4) is 0 Å². The first kappa shape index (κ1) is 13.3.